The van der Waals surface area contributed by atoms with Crippen molar-refractivity contribution in [3.8, 4) is 0 Å². The summed E-state index contributed by atoms with van der Waals surface area (Å²) < 4.78 is 20.5. The lowest BCUT2D eigenvalue weighted by Gasteiger charge is -2.22. The second-order valence-corrected chi connectivity index (χ2v) is 5.43. The lowest BCUT2D eigenvalue weighted by molar-refractivity contribution is -0.535. The fourth-order valence-corrected chi connectivity index (χ4v) is 1.86. The molecule has 0 rings (SSSR count). The van der Waals surface area contributed by atoms with Crippen LogP contribution in [-0.4, -0.2) is 24.4 Å². The topological polar surface area (TPSA) is 78.7 Å². The van der Waals surface area contributed by atoms with Crippen LogP contribution in [0.2, 0.25) is 0 Å². The van der Waals surface area contributed by atoms with Crippen molar-refractivity contribution >= 4 is 7.60 Å². The molecule has 72 valence electrons. The Labute approximate surface area is 70.5 Å². The van der Waals surface area contributed by atoms with Crippen LogP contribution in [0.1, 0.15) is 13.8 Å². The van der Waals surface area contributed by atoms with Gasteiger partial charge in [-0.05, 0) is 0 Å². The van der Waals surface area contributed by atoms with Crippen LogP contribution in [0.3, 0.4) is 0 Å². The maximum absolute atomic E-state index is 11.5. The zero-order chi connectivity index (χ0) is 9.99. The zero-order valence-electron chi connectivity index (χ0n) is 7.44. The molecule has 0 atom stereocenters. The van der Waals surface area contributed by atoms with E-state index in [1.54, 1.807) is 0 Å². The van der Waals surface area contributed by atoms with Crippen molar-refractivity contribution in [2.75, 3.05) is 14.2 Å². The minimum atomic E-state index is -3.64. The summed E-state index contributed by atoms with van der Waals surface area (Å²) in [6, 6.07) is 0. The van der Waals surface area contributed by atoms with E-state index in [1.165, 1.54) is 13.8 Å². The van der Waals surface area contributed by atoms with Crippen molar-refractivity contribution in [2.24, 2.45) is 0 Å². The van der Waals surface area contributed by atoms with Crippen LogP contribution < -0.4 is 0 Å². The summed E-state index contributed by atoms with van der Waals surface area (Å²) in [5, 5.41) is 8.75. The smallest absolute Gasteiger partial charge is 0.307 e. The predicted octanol–water partition coefficient (Wildman–Crippen LogP) is 1.49. The minimum absolute atomic E-state index is 0.680. The van der Waals surface area contributed by atoms with Crippen molar-refractivity contribution in [3.63, 3.8) is 0 Å². The van der Waals surface area contributed by atoms with Gasteiger partial charge < -0.3 is 9.05 Å². The maximum atomic E-state index is 11.5. The molecule has 0 unspecified atom stereocenters. The molecule has 0 aromatic rings. The van der Waals surface area contributed by atoms with Gasteiger partial charge in [0.05, 0.1) is 0 Å². The van der Waals surface area contributed by atoms with Gasteiger partial charge in [-0.15, -0.1) is 0 Å². The number of rotatable bonds is 4. The largest absolute Gasteiger partial charge is 0.405 e. The molecule has 0 bridgehead atoms. The Morgan fingerprint density at radius 3 is 1.75 bits per heavy atom. The summed E-state index contributed by atoms with van der Waals surface area (Å²) in [7, 11) is -1.40. The van der Waals surface area contributed by atoms with Crippen molar-refractivity contribution in [3.05, 3.63) is 10.1 Å². The zero-order valence-corrected chi connectivity index (χ0v) is 8.33. The van der Waals surface area contributed by atoms with Crippen LogP contribution in [0.25, 0.3) is 0 Å². The molecule has 0 spiro atoms. The molecule has 0 aromatic carbocycles. The van der Waals surface area contributed by atoms with Crippen LogP contribution in [0.5, 0.6) is 0 Å². The molecule has 0 fully saturated rings. The Kier molecular flexibility index (Phi) is 3.38. The van der Waals surface area contributed by atoms with Crippen LogP contribution in [0, 0.1) is 10.1 Å². The Morgan fingerprint density at radius 1 is 1.33 bits per heavy atom. The Hall–Kier alpha value is -0.450. The monoisotopic (exact) mass is 197 g/mol. The molecule has 6 nitrogen and oxygen atoms in total. The molecule has 0 radical (unpaired) electrons. The van der Waals surface area contributed by atoms with Gasteiger partial charge in [0.1, 0.15) is 0 Å². The summed E-state index contributed by atoms with van der Waals surface area (Å²) in [6.45, 7) is 2.39. The van der Waals surface area contributed by atoms with Crippen LogP contribution in [0.4, 0.5) is 0 Å². The summed E-state index contributed by atoms with van der Waals surface area (Å²) in [5.74, 6) is 0. The van der Waals surface area contributed by atoms with Gasteiger partial charge in [0.2, 0.25) is 0 Å². The van der Waals surface area contributed by atoms with E-state index in [9.17, 15) is 14.7 Å². The van der Waals surface area contributed by atoms with Crippen LogP contribution in [-0.2, 0) is 13.6 Å². The van der Waals surface area contributed by atoms with Crippen molar-refractivity contribution in [1.29, 1.82) is 0 Å². The van der Waals surface area contributed by atoms with Gasteiger partial charge in [0.15, 0.2) is 0 Å². The second kappa shape index (κ2) is 3.51. The third kappa shape index (κ3) is 1.65. The molecular formula is C5H12NO5P. The Balaban J connectivity index is 4.98. The molecule has 0 amide bonds. The first-order valence-corrected chi connectivity index (χ1v) is 4.72. The normalized spacial score (nSPS) is 13.0. The lowest BCUT2D eigenvalue weighted by atomic mass is 10.4. The number of hydrogen-bond donors (Lipinski definition) is 0. The molecule has 0 heterocycles. The quantitative estimate of drug-likeness (QED) is 0.387. The van der Waals surface area contributed by atoms with Crippen molar-refractivity contribution in [2.45, 2.75) is 19.1 Å². The van der Waals surface area contributed by atoms with Gasteiger partial charge in [0, 0.05) is 33.0 Å². The molecule has 0 aromatic heterocycles. The molecule has 0 aliphatic heterocycles. The molecule has 12 heavy (non-hydrogen) atoms. The predicted molar refractivity (Wildman–Crippen MR) is 42.7 cm³/mol. The van der Waals surface area contributed by atoms with E-state index in [-0.39, 0.29) is 0 Å². The van der Waals surface area contributed by atoms with Crippen LogP contribution in [0.15, 0.2) is 0 Å². The summed E-state index contributed by atoms with van der Waals surface area (Å²) >= 11 is 0. The lowest BCUT2D eigenvalue weighted by Crippen LogP contribution is -2.31. The standard InChI is InChI=1S/C5H12NO5P/c1-5(2,6(7)8)12(9,10-3)11-4/h1-4H3. The van der Waals surface area contributed by atoms with Crippen molar-refractivity contribution in [1.82, 2.24) is 0 Å². The second-order valence-electron chi connectivity index (χ2n) is 2.61. The van der Waals surface area contributed by atoms with E-state index >= 15 is 0 Å². The summed E-state index contributed by atoms with van der Waals surface area (Å²) in [4.78, 5) is 9.78. The summed E-state index contributed by atoms with van der Waals surface area (Å²) in [6.07, 6.45) is 0. The highest BCUT2D eigenvalue weighted by Gasteiger charge is 2.53. The molecule has 0 saturated heterocycles. The number of nitro groups is 1. The van der Waals surface area contributed by atoms with E-state index in [0.717, 1.165) is 14.2 Å². The maximum Gasteiger partial charge on any atom is 0.405 e. The Morgan fingerprint density at radius 2 is 1.67 bits per heavy atom. The van der Waals surface area contributed by atoms with Gasteiger partial charge in [-0.1, -0.05) is 0 Å². The average Bonchev–Trinajstić information content (AvgIpc) is 2.02. The first kappa shape index (κ1) is 11.6. The number of nitrogens with zero attached hydrogens (tertiary/aromatic N) is 1. The van der Waals surface area contributed by atoms with Gasteiger partial charge >= 0.3 is 12.9 Å². The van der Waals surface area contributed by atoms with E-state index in [1.807, 2.05) is 0 Å². The van der Waals surface area contributed by atoms with E-state index in [2.05, 4.69) is 9.05 Å². The highest BCUT2D eigenvalue weighted by atomic mass is 31.2. The molecule has 0 saturated carbocycles. The molecular weight excluding hydrogens is 185 g/mol. The van der Waals surface area contributed by atoms with Crippen molar-refractivity contribution < 1.29 is 18.5 Å². The highest BCUT2D eigenvalue weighted by molar-refractivity contribution is 7.55. The molecule has 7 heteroatoms. The third-order valence-electron chi connectivity index (χ3n) is 1.60. The molecule has 0 N–H and O–H groups in total. The molecule has 0 aliphatic carbocycles. The fraction of sp³-hybridized carbons (Fsp3) is 1.00. The van der Waals surface area contributed by atoms with Gasteiger partial charge in [-0.25, -0.2) is 0 Å². The average molecular weight is 197 g/mol. The highest BCUT2D eigenvalue weighted by Crippen LogP contribution is 2.58. The Bertz CT molecular complexity index is 218. The van der Waals surface area contributed by atoms with Gasteiger partial charge in [0.25, 0.3) is 0 Å². The number of hydrogen-bond acceptors (Lipinski definition) is 5. The van der Waals surface area contributed by atoms with Gasteiger partial charge in [-0.2, -0.15) is 0 Å². The SMILES string of the molecule is COP(=O)(OC)C(C)(C)[N+](=O)[O-]. The summed E-state index contributed by atoms with van der Waals surface area (Å²) in [5.41, 5.74) is 0. The van der Waals surface area contributed by atoms with Crippen LogP contribution >= 0.6 is 7.60 Å². The fourth-order valence-electron chi connectivity index (χ4n) is 0.621. The molecule has 0 aliphatic rings. The third-order valence-corrected chi connectivity index (χ3v) is 4.06. The first-order chi connectivity index (χ1) is 5.31. The first-order valence-electron chi connectivity index (χ1n) is 3.18. The minimum Gasteiger partial charge on any atom is -0.307 e. The van der Waals surface area contributed by atoms with E-state index < -0.39 is 17.8 Å². The van der Waals surface area contributed by atoms with E-state index in [4.69, 9.17) is 0 Å². The van der Waals surface area contributed by atoms with Gasteiger partial charge in [-0.3, -0.25) is 14.7 Å². The van der Waals surface area contributed by atoms with E-state index in [0.29, 0.717) is 0 Å².